The van der Waals surface area contributed by atoms with Gasteiger partial charge < -0.3 is 10.2 Å². The van der Waals surface area contributed by atoms with Crippen LogP contribution < -0.4 is 5.32 Å². The number of halogens is 3. The van der Waals surface area contributed by atoms with Gasteiger partial charge in [-0.2, -0.15) is 13.2 Å². The largest absolute Gasteiger partial charge is 0.416 e. The fourth-order valence-corrected chi connectivity index (χ4v) is 3.62. The summed E-state index contributed by atoms with van der Waals surface area (Å²) in [6, 6.07) is 12.2. The molecule has 0 saturated carbocycles. The third-order valence-electron chi connectivity index (χ3n) is 5.26. The van der Waals surface area contributed by atoms with Gasteiger partial charge in [0.15, 0.2) is 0 Å². The van der Waals surface area contributed by atoms with E-state index >= 15 is 0 Å². The van der Waals surface area contributed by atoms with E-state index < -0.39 is 17.6 Å². The van der Waals surface area contributed by atoms with Crippen molar-refractivity contribution in [1.82, 2.24) is 24.9 Å². The van der Waals surface area contributed by atoms with Crippen LogP contribution in [0.2, 0.25) is 0 Å². The molecular weight excluding hydrogens is 457 g/mol. The van der Waals surface area contributed by atoms with Crippen LogP contribution in [0, 0.1) is 6.92 Å². The van der Waals surface area contributed by atoms with E-state index in [1.54, 1.807) is 66.5 Å². The van der Waals surface area contributed by atoms with Crippen molar-refractivity contribution in [2.75, 3.05) is 19.4 Å². The minimum absolute atomic E-state index is 0.0682. The molecule has 0 bridgehead atoms. The van der Waals surface area contributed by atoms with E-state index in [1.807, 2.05) is 13.0 Å². The van der Waals surface area contributed by atoms with Gasteiger partial charge >= 0.3 is 6.18 Å². The highest BCUT2D eigenvalue weighted by Gasteiger charge is 2.32. The van der Waals surface area contributed by atoms with E-state index in [2.05, 4.69) is 20.6 Å². The second-order valence-corrected chi connectivity index (χ2v) is 8.40. The smallest absolute Gasteiger partial charge is 0.322 e. The summed E-state index contributed by atoms with van der Waals surface area (Å²) in [5.74, 6) is -0.634. The molecule has 0 aliphatic rings. The first-order chi connectivity index (χ1) is 16.6. The second-order valence-electron chi connectivity index (χ2n) is 8.40. The molecule has 7 nitrogen and oxygen atoms in total. The van der Waals surface area contributed by atoms with Crippen LogP contribution in [0.15, 0.2) is 67.1 Å². The summed E-state index contributed by atoms with van der Waals surface area (Å²) >= 11 is 0. The van der Waals surface area contributed by atoms with Gasteiger partial charge in [0.1, 0.15) is 5.69 Å². The summed E-state index contributed by atoms with van der Waals surface area (Å²) in [7, 11) is 3.50. The maximum atomic E-state index is 13.4. The number of nitrogens with zero attached hydrogens (tertiary/aromatic N) is 5. The van der Waals surface area contributed by atoms with E-state index in [0.717, 1.165) is 28.9 Å². The lowest BCUT2D eigenvalue weighted by atomic mass is 10.0. The van der Waals surface area contributed by atoms with Crippen LogP contribution in [-0.2, 0) is 12.7 Å². The summed E-state index contributed by atoms with van der Waals surface area (Å²) in [6.07, 6.45) is 0.493. The Balaban J connectivity index is 1.62. The van der Waals surface area contributed by atoms with Gasteiger partial charge in [-0.25, -0.2) is 4.68 Å². The van der Waals surface area contributed by atoms with Gasteiger partial charge in [-0.05, 0) is 74.6 Å². The zero-order chi connectivity index (χ0) is 25.2. The van der Waals surface area contributed by atoms with E-state index in [0.29, 0.717) is 16.9 Å². The molecule has 0 saturated heterocycles. The molecule has 0 radical (unpaired) electrons. The number of pyridine rings is 1. The van der Waals surface area contributed by atoms with E-state index in [4.69, 9.17) is 0 Å². The first kappa shape index (κ1) is 24.1. The summed E-state index contributed by atoms with van der Waals surface area (Å²) in [6.45, 7) is 2.16. The molecule has 10 heteroatoms. The Bertz CT molecular complexity index is 1350. The average Bonchev–Trinajstić information content (AvgIpc) is 3.30. The van der Waals surface area contributed by atoms with Crippen LogP contribution in [0.3, 0.4) is 0 Å². The van der Waals surface area contributed by atoms with Crippen LogP contribution in [0.1, 0.15) is 27.0 Å². The first-order valence-corrected chi connectivity index (χ1v) is 10.7. The number of rotatable bonds is 6. The second kappa shape index (κ2) is 9.67. The van der Waals surface area contributed by atoms with Crippen LogP contribution in [0.5, 0.6) is 0 Å². The summed E-state index contributed by atoms with van der Waals surface area (Å²) in [4.78, 5) is 18.7. The predicted molar refractivity (Wildman–Crippen MR) is 126 cm³/mol. The van der Waals surface area contributed by atoms with Gasteiger partial charge in [-0.15, -0.1) is 5.10 Å². The maximum Gasteiger partial charge on any atom is 0.416 e. The predicted octanol–water partition coefficient (Wildman–Crippen LogP) is 4.97. The Morgan fingerprint density at radius 2 is 1.91 bits per heavy atom. The highest BCUT2D eigenvalue weighted by Crippen LogP contribution is 2.31. The van der Waals surface area contributed by atoms with Gasteiger partial charge in [-0.3, -0.25) is 9.78 Å². The molecular formula is C25H23F3N6O. The van der Waals surface area contributed by atoms with Gasteiger partial charge in [0.2, 0.25) is 0 Å². The van der Waals surface area contributed by atoms with Gasteiger partial charge in [0, 0.05) is 29.6 Å². The molecule has 180 valence electrons. The highest BCUT2D eigenvalue weighted by molar-refractivity contribution is 6.04. The minimum atomic E-state index is -4.56. The van der Waals surface area contributed by atoms with Gasteiger partial charge in [0.25, 0.3) is 5.91 Å². The Labute approximate surface area is 200 Å². The monoisotopic (exact) mass is 480 g/mol. The molecule has 1 amide bonds. The summed E-state index contributed by atoms with van der Waals surface area (Å²) < 4.78 is 41.8. The number of hydrogen-bond acceptors (Lipinski definition) is 5. The molecule has 0 aliphatic heterocycles. The maximum absolute atomic E-state index is 13.4. The lowest BCUT2D eigenvalue weighted by molar-refractivity contribution is -0.137. The van der Waals surface area contributed by atoms with Crippen LogP contribution >= 0.6 is 0 Å². The van der Waals surface area contributed by atoms with Crippen molar-refractivity contribution in [1.29, 1.82) is 0 Å². The number of aryl methyl sites for hydroxylation is 1. The lowest BCUT2D eigenvalue weighted by Gasteiger charge is -2.15. The van der Waals surface area contributed by atoms with E-state index in [-0.39, 0.29) is 12.1 Å². The molecule has 0 atom stereocenters. The van der Waals surface area contributed by atoms with Crippen molar-refractivity contribution in [3.63, 3.8) is 0 Å². The molecule has 0 unspecified atom stereocenters. The average molecular weight is 480 g/mol. The molecule has 0 aliphatic carbocycles. The minimum Gasteiger partial charge on any atom is -0.322 e. The van der Waals surface area contributed by atoms with E-state index in [1.165, 1.54) is 6.07 Å². The molecule has 4 aromatic rings. The molecule has 2 aromatic heterocycles. The van der Waals surface area contributed by atoms with Crippen LogP contribution in [0.25, 0.3) is 16.9 Å². The number of amides is 1. The quantitative estimate of drug-likeness (QED) is 0.422. The van der Waals surface area contributed by atoms with Crippen LogP contribution in [-0.4, -0.2) is 44.9 Å². The van der Waals surface area contributed by atoms with Gasteiger partial charge in [-0.1, -0.05) is 11.3 Å². The Hall–Kier alpha value is -4.05. The number of aromatic nitrogens is 4. The number of hydrogen-bond donors (Lipinski definition) is 1. The molecule has 4 rings (SSSR count). The van der Waals surface area contributed by atoms with E-state index in [9.17, 15) is 18.0 Å². The molecule has 0 fully saturated rings. The highest BCUT2D eigenvalue weighted by atomic mass is 19.4. The number of alkyl halides is 3. The summed E-state index contributed by atoms with van der Waals surface area (Å²) in [5, 5.41) is 11.1. The van der Waals surface area contributed by atoms with Crippen molar-refractivity contribution in [3.05, 3.63) is 89.4 Å². The zero-order valence-electron chi connectivity index (χ0n) is 19.3. The van der Waals surface area contributed by atoms with Crippen LogP contribution in [0.4, 0.5) is 18.9 Å². The standard InChI is InChI=1S/C25H23F3N6O/c1-16-6-7-20(12-22(16)23-15-34(32-31-23)21-5-4-8-29-13-21)30-24(35)18-9-17(14-33(2)3)10-19(11-18)25(26,27)28/h4-13,15H,14H2,1-3H3,(H,30,35). The van der Waals surface area contributed by atoms with Crippen molar-refractivity contribution in [2.45, 2.75) is 19.6 Å². The van der Waals surface area contributed by atoms with Crippen molar-refractivity contribution >= 4 is 11.6 Å². The Morgan fingerprint density at radius 1 is 1.11 bits per heavy atom. The Kier molecular flexibility index (Phi) is 6.65. The van der Waals surface area contributed by atoms with Gasteiger partial charge in [0.05, 0.1) is 23.6 Å². The third kappa shape index (κ3) is 5.72. The topological polar surface area (TPSA) is 75.9 Å². The number of anilines is 1. The number of carbonyl (C=O) groups excluding carboxylic acids is 1. The fourth-order valence-electron chi connectivity index (χ4n) is 3.62. The zero-order valence-corrected chi connectivity index (χ0v) is 19.3. The molecule has 35 heavy (non-hydrogen) atoms. The molecule has 2 aromatic carbocycles. The third-order valence-corrected chi connectivity index (χ3v) is 5.26. The van der Waals surface area contributed by atoms with Crippen molar-refractivity contribution < 1.29 is 18.0 Å². The number of benzene rings is 2. The normalized spacial score (nSPS) is 11.6. The number of nitrogens with one attached hydrogen (secondary N) is 1. The van der Waals surface area contributed by atoms with Crippen molar-refractivity contribution in [2.24, 2.45) is 0 Å². The lowest BCUT2D eigenvalue weighted by Crippen LogP contribution is -2.17. The SMILES string of the molecule is Cc1ccc(NC(=O)c2cc(CN(C)C)cc(C(F)(F)F)c2)cc1-c1cn(-c2cccnc2)nn1. The fraction of sp³-hybridized carbons (Fsp3) is 0.200. The first-order valence-electron chi connectivity index (χ1n) is 10.7. The molecule has 0 spiro atoms. The van der Waals surface area contributed by atoms with Crippen molar-refractivity contribution in [3.8, 4) is 16.9 Å². The Morgan fingerprint density at radius 3 is 2.60 bits per heavy atom. The number of carbonyl (C=O) groups is 1. The molecule has 1 N–H and O–H groups in total. The molecule has 2 heterocycles. The summed E-state index contributed by atoms with van der Waals surface area (Å²) in [5.41, 5.74) is 2.84.